The van der Waals surface area contributed by atoms with Gasteiger partial charge in [0, 0.05) is 32.7 Å². The summed E-state index contributed by atoms with van der Waals surface area (Å²) in [6.07, 6.45) is -0.279. The lowest BCUT2D eigenvalue weighted by Crippen LogP contribution is -2.50. The van der Waals surface area contributed by atoms with Gasteiger partial charge in [0.25, 0.3) is 0 Å². The second kappa shape index (κ2) is 6.44. The Morgan fingerprint density at radius 1 is 1.29 bits per heavy atom. The number of piperazine rings is 1. The standard InChI is InChI=1S/C11H20N2O4/c1-3-17-11(16)13-6-4-12(5-7-13)8-9(2)10(14)15/h9H,3-8H2,1-2H3,(H,14,15). The van der Waals surface area contributed by atoms with Crippen LogP contribution in [0.4, 0.5) is 4.79 Å². The highest BCUT2D eigenvalue weighted by atomic mass is 16.6. The summed E-state index contributed by atoms with van der Waals surface area (Å²) in [5.41, 5.74) is 0. The van der Waals surface area contributed by atoms with Crippen LogP contribution < -0.4 is 0 Å². The van der Waals surface area contributed by atoms with E-state index >= 15 is 0 Å². The Bertz CT molecular complexity index is 275. The van der Waals surface area contributed by atoms with E-state index in [-0.39, 0.29) is 12.0 Å². The first kappa shape index (κ1) is 13.8. The molecule has 0 aliphatic carbocycles. The zero-order valence-electron chi connectivity index (χ0n) is 10.4. The van der Waals surface area contributed by atoms with Crippen molar-refractivity contribution in [3.63, 3.8) is 0 Å². The maximum Gasteiger partial charge on any atom is 0.409 e. The molecule has 0 saturated carbocycles. The summed E-state index contributed by atoms with van der Waals surface area (Å²) in [6, 6.07) is 0. The van der Waals surface area contributed by atoms with Crippen molar-refractivity contribution in [2.45, 2.75) is 13.8 Å². The lowest BCUT2D eigenvalue weighted by Gasteiger charge is -2.34. The molecule has 17 heavy (non-hydrogen) atoms. The van der Waals surface area contributed by atoms with E-state index in [1.165, 1.54) is 0 Å². The van der Waals surface area contributed by atoms with Crippen LogP contribution in [0.25, 0.3) is 0 Å². The van der Waals surface area contributed by atoms with Crippen molar-refractivity contribution in [2.75, 3.05) is 39.3 Å². The largest absolute Gasteiger partial charge is 0.481 e. The first-order valence-corrected chi connectivity index (χ1v) is 5.91. The molecule has 1 heterocycles. The summed E-state index contributed by atoms with van der Waals surface area (Å²) in [6.45, 7) is 7.01. The molecule has 0 radical (unpaired) electrons. The Labute approximate surface area is 101 Å². The van der Waals surface area contributed by atoms with Gasteiger partial charge >= 0.3 is 12.1 Å². The third-order valence-corrected chi connectivity index (χ3v) is 2.85. The molecule has 1 N–H and O–H groups in total. The van der Waals surface area contributed by atoms with Crippen LogP contribution in [0, 0.1) is 5.92 Å². The SMILES string of the molecule is CCOC(=O)N1CCN(CC(C)C(=O)O)CC1. The molecule has 6 nitrogen and oxygen atoms in total. The highest BCUT2D eigenvalue weighted by molar-refractivity contribution is 5.69. The van der Waals surface area contributed by atoms with E-state index in [9.17, 15) is 9.59 Å². The first-order valence-electron chi connectivity index (χ1n) is 5.91. The fourth-order valence-corrected chi connectivity index (χ4v) is 1.79. The van der Waals surface area contributed by atoms with Crippen LogP contribution in [-0.2, 0) is 9.53 Å². The maximum absolute atomic E-state index is 11.4. The van der Waals surface area contributed by atoms with Crippen molar-refractivity contribution in [3.8, 4) is 0 Å². The molecule has 0 spiro atoms. The predicted octanol–water partition coefficient (Wildman–Crippen LogP) is 0.481. The van der Waals surface area contributed by atoms with Crippen molar-refractivity contribution in [2.24, 2.45) is 5.92 Å². The highest BCUT2D eigenvalue weighted by Gasteiger charge is 2.24. The Morgan fingerprint density at radius 2 is 1.88 bits per heavy atom. The molecular formula is C11H20N2O4. The molecule has 0 aromatic heterocycles. The van der Waals surface area contributed by atoms with Crippen LogP contribution in [0.15, 0.2) is 0 Å². The number of hydrogen-bond donors (Lipinski definition) is 1. The van der Waals surface area contributed by atoms with Crippen LogP contribution in [0.2, 0.25) is 0 Å². The molecule has 1 unspecified atom stereocenters. The number of carboxylic acid groups (broad SMARTS) is 1. The Kier molecular flexibility index (Phi) is 5.21. The Balaban J connectivity index is 2.30. The first-order chi connectivity index (χ1) is 8.04. The molecule has 0 aromatic carbocycles. The molecule has 1 fully saturated rings. The quantitative estimate of drug-likeness (QED) is 0.779. The van der Waals surface area contributed by atoms with Crippen molar-refractivity contribution < 1.29 is 19.4 Å². The Hall–Kier alpha value is -1.30. The third kappa shape index (κ3) is 4.22. The second-order valence-electron chi connectivity index (χ2n) is 4.23. The van der Waals surface area contributed by atoms with E-state index in [1.54, 1.807) is 18.7 Å². The molecule has 1 aliphatic rings. The number of aliphatic carboxylic acids is 1. The van der Waals surface area contributed by atoms with Gasteiger partial charge in [0.15, 0.2) is 0 Å². The van der Waals surface area contributed by atoms with Gasteiger partial charge in [0.1, 0.15) is 0 Å². The number of carbonyl (C=O) groups is 2. The summed E-state index contributed by atoms with van der Waals surface area (Å²) in [5, 5.41) is 8.81. The molecule has 98 valence electrons. The minimum atomic E-state index is -0.780. The number of nitrogens with zero attached hydrogens (tertiary/aromatic N) is 2. The van der Waals surface area contributed by atoms with E-state index < -0.39 is 5.97 Å². The zero-order chi connectivity index (χ0) is 12.8. The average molecular weight is 244 g/mol. The molecule has 1 atom stereocenters. The minimum absolute atomic E-state index is 0.279. The van der Waals surface area contributed by atoms with Gasteiger partial charge in [-0.2, -0.15) is 0 Å². The van der Waals surface area contributed by atoms with Crippen LogP contribution in [0.5, 0.6) is 0 Å². The maximum atomic E-state index is 11.4. The number of hydrogen-bond acceptors (Lipinski definition) is 4. The highest BCUT2D eigenvalue weighted by Crippen LogP contribution is 2.07. The molecular weight excluding hydrogens is 224 g/mol. The minimum Gasteiger partial charge on any atom is -0.481 e. The number of amides is 1. The van der Waals surface area contributed by atoms with Gasteiger partial charge < -0.3 is 14.7 Å². The van der Waals surface area contributed by atoms with Crippen molar-refractivity contribution in [1.29, 1.82) is 0 Å². The summed E-state index contributed by atoms with van der Waals surface area (Å²) >= 11 is 0. The predicted molar refractivity (Wildman–Crippen MR) is 61.8 cm³/mol. The van der Waals surface area contributed by atoms with Crippen molar-refractivity contribution in [1.82, 2.24) is 9.80 Å². The van der Waals surface area contributed by atoms with E-state index in [0.717, 1.165) is 0 Å². The van der Waals surface area contributed by atoms with E-state index in [2.05, 4.69) is 4.90 Å². The molecule has 1 amide bonds. The summed E-state index contributed by atoms with van der Waals surface area (Å²) < 4.78 is 4.91. The fraction of sp³-hybridized carbons (Fsp3) is 0.818. The summed E-state index contributed by atoms with van der Waals surface area (Å²) in [4.78, 5) is 25.9. The van der Waals surface area contributed by atoms with Crippen LogP contribution in [-0.4, -0.2) is 66.3 Å². The zero-order valence-corrected chi connectivity index (χ0v) is 10.4. The van der Waals surface area contributed by atoms with Crippen molar-refractivity contribution >= 4 is 12.1 Å². The summed E-state index contributed by atoms with van der Waals surface area (Å²) in [5.74, 6) is -1.15. The van der Waals surface area contributed by atoms with Gasteiger partial charge in [0.2, 0.25) is 0 Å². The topological polar surface area (TPSA) is 70.1 Å². The van der Waals surface area contributed by atoms with Gasteiger partial charge in [-0.25, -0.2) is 4.79 Å². The molecule has 1 saturated heterocycles. The molecule has 1 rings (SSSR count). The normalized spacial score (nSPS) is 18.8. The molecule has 0 aromatic rings. The van der Waals surface area contributed by atoms with Crippen LogP contribution >= 0.6 is 0 Å². The number of rotatable bonds is 4. The number of carboxylic acids is 1. The third-order valence-electron chi connectivity index (χ3n) is 2.85. The monoisotopic (exact) mass is 244 g/mol. The second-order valence-corrected chi connectivity index (χ2v) is 4.23. The lowest BCUT2D eigenvalue weighted by molar-refractivity contribution is -0.141. The number of carbonyl (C=O) groups excluding carboxylic acids is 1. The van der Waals surface area contributed by atoms with Gasteiger partial charge in [-0.3, -0.25) is 9.69 Å². The van der Waals surface area contributed by atoms with Crippen molar-refractivity contribution in [3.05, 3.63) is 0 Å². The smallest absolute Gasteiger partial charge is 0.409 e. The van der Waals surface area contributed by atoms with E-state index in [1.807, 2.05) is 0 Å². The fourth-order valence-electron chi connectivity index (χ4n) is 1.79. The average Bonchev–Trinajstić information content (AvgIpc) is 2.30. The van der Waals surface area contributed by atoms with Crippen LogP contribution in [0.3, 0.4) is 0 Å². The van der Waals surface area contributed by atoms with E-state index in [0.29, 0.717) is 39.3 Å². The molecule has 1 aliphatic heterocycles. The number of ether oxygens (including phenoxy) is 1. The summed E-state index contributed by atoms with van der Waals surface area (Å²) in [7, 11) is 0. The van der Waals surface area contributed by atoms with Gasteiger partial charge in [0.05, 0.1) is 12.5 Å². The van der Waals surface area contributed by atoms with Gasteiger partial charge in [-0.15, -0.1) is 0 Å². The Morgan fingerprint density at radius 3 is 2.35 bits per heavy atom. The van der Waals surface area contributed by atoms with E-state index in [4.69, 9.17) is 9.84 Å². The van der Waals surface area contributed by atoms with Crippen LogP contribution in [0.1, 0.15) is 13.8 Å². The van der Waals surface area contributed by atoms with Gasteiger partial charge in [-0.05, 0) is 6.92 Å². The molecule has 0 bridgehead atoms. The molecule has 6 heteroatoms. The van der Waals surface area contributed by atoms with Gasteiger partial charge in [-0.1, -0.05) is 6.92 Å². The lowest BCUT2D eigenvalue weighted by atomic mass is 10.1.